The highest BCUT2D eigenvalue weighted by Crippen LogP contribution is 2.41. The minimum atomic E-state index is -0.852. The van der Waals surface area contributed by atoms with E-state index in [0.717, 1.165) is 38.7 Å². The van der Waals surface area contributed by atoms with Crippen molar-refractivity contribution in [3.63, 3.8) is 0 Å². The van der Waals surface area contributed by atoms with Crippen molar-refractivity contribution in [3.8, 4) is 11.3 Å². The molecule has 0 aliphatic heterocycles. The molecule has 0 atom stereocenters. The van der Waals surface area contributed by atoms with Gasteiger partial charge in [-0.1, -0.05) is 38.1 Å². The second kappa shape index (κ2) is 6.25. The molecule has 0 bridgehead atoms. The van der Waals surface area contributed by atoms with Crippen LogP contribution in [0.25, 0.3) is 38.0 Å². The van der Waals surface area contributed by atoms with E-state index >= 15 is 0 Å². The average molecular weight is 357 g/mol. The van der Waals surface area contributed by atoms with Crippen LogP contribution in [-0.2, 0) is 7.05 Å². The van der Waals surface area contributed by atoms with E-state index in [2.05, 4.69) is 17.8 Å². The molecule has 0 radical (unpaired) electrons. The van der Waals surface area contributed by atoms with Crippen LogP contribution in [0.15, 0.2) is 47.0 Å². The molecular formula is C24H23N2O+. The van der Waals surface area contributed by atoms with E-state index in [1.54, 1.807) is 19.9 Å². The van der Waals surface area contributed by atoms with Gasteiger partial charge in [-0.25, -0.2) is 9.41 Å². The highest BCUT2D eigenvalue weighted by molar-refractivity contribution is 6.14. The van der Waals surface area contributed by atoms with Crippen molar-refractivity contribution in [2.45, 2.75) is 33.6 Å². The molecule has 0 amide bonds. The first-order chi connectivity index (χ1) is 13.6. The van der Waals surface area contributed by atoms with Gasteiger partial charge in [-0.3, -0.25) is 0 Å². The van der Waals surface area contributed by atoms with Crippen LogP contribution in [0.3, 0.4) is 0 Å². The van der Waals surface area contributed by atoms with E-state index in [-0.39, 0.29) is 0 Å². The number of hydrogen-bond donors (Lipinski definition) is 0. The minimum absolute atomic E-state index is 0.314. The van der Waals surface area contributed by atoms with Gasteiger partial charge in [-0.2, -0.15) is 0 Å². The van der Waals surface area contributed by atoms with Crippen LogP contribution in [-0.4, -0.2) is 0 Å². The minimum Gasteiger partial charge on any atom is -0.466 e. The molecule has 0 saturated carbocycles. The Balaban J connectivity index is 2.13. The van der Waals surface area contributed by atoms with Gasteiger partial charge in [0.15, 0.2) is 6.17 Å². The van der Waals surface area contributed by atoms with Crippen LogP contribution in [0.2, 0.25) is 0 Å². The zero-order chi connectivity index (χ0) is 21.1. The highest BCUT2D eigenvalue weighted by Gasteiger charge is 2.23. The third-order valence-electron chi connectivity index (χ3n) is 5.12. The monoisotopic (exact) mass is 357 g/mol. The zero-order valence-electron chi connectivity index (χ0n) is 18.3. The molecule has 2 aromatic heterocycles. The molecule has 0 aliphatic carbocycles. The number of para-hydroxylation sites is 1. The van der Waals surface area contributed by atoms with Crippen LogP contribution in [0.1, 0.15) is 39.2 Å². The first-order valence-corrected chi connectivity index (χ1v) is 8.98. The number of benzene rings is 2. The highest BCUT2D eigenvalue weighted by atomic mass is 16.3. The molecule has 0 N–H and O–H groups in total. The molecule has 0 fully saturated rings. The van der Waals surface area contributed by atoms with Crippen molar-refractivity contribution in [3.05, 3.63) is 70.7 Å². The Morgan fingerprint density at radius 2 is 1.93 bits per heavy atom. The standard InChI is InChI=1S/C24H23N2O/c1-14(2)17-10-11-20(26(6)13-17)22-16(4)12-15(3)21-18-8-7-9-19(25-5)23(18)27-24(21)22/h7-14H,1-4,6H3/q+1/i13D,14D. The number of nitrogens with zero attached hydrogens (tertiary/aromatic N) is 2. The maximum atomic E-state index is 8.61. The Morgan fingerprint density at radius 1 is 1.15 bits per heavy atom. The van der Waals surface area contributed by atoms with E-state index in [1.807, 2.05) is 42.8 Å². The first-order valence-electron chi connectivity index (χ1n) is 9.98. The Bertz CT molecular complexity index is 1340. The predicted octanol–water partition coefficient (Wildman–Crippen LogP) is 6.37. The third kappa shape index (κ3) is 2.61. The maximum Gasteiger partial charge on any atom is 0.229 e. The van der Waals surface area contributed by atoms with Crippen molar-refractivity contribution in [1.82, 2.24) is 0 Å². The van der Waals surface area contributed by atoms with Gasteiger partial charge in [0.05, 0.1) is 12.1 Å². The number of fused-ring (bicyclic) bond motifs is 3. The summed E-state index contributed by atoms with van der Waals surface area (Å²) in [5.41, 5.74) is 6.43. The fraction of sp³-hybridized carbons (Fsp3) is 0.250. The fourth-order valence-corrected chi connectivity index (χ4v) is 3.81. The Morgan fingerprint density at radius 3 is 2.63 bits per heavy atom. The van der Waals surface area contributed by atoms with Gasteiger partial charge < -0.3 is 4.42 Å². The number of furan rings is 1. The largest absolute Gasteiger partial charge is 0.466 e. The molecule has 134 valence electrons. The number of aromatic nitrogens is 1. The molecule has 0 saturated heterocycles. The second-order valence-electron chi connectivity index (χ2n) is 7.26. The molecule has 27 heavy (non-hydrogen) atoms. The number of rotatable bonds is 2. The van der Waals surface area contributed by atoms with Gasteiger partial charge in [0.2, 0.25) is 11.4 Å². The number of hydrogen-bond acceptors (Lipinski definition) is 1. The molecule has 0 spiro atoms. The number of aryl methyl sites for hydroxylation is 2. The lowest BCUT2D eigenvalue weighted by molar-refractivity contribution is -0.660. The van der Waals surface area contributed by atoms with Gasteiger partial charge in [-0.05, 0) is 36.9 Å². The van der Waals surface area contributed by atoms with Gasteiger partial charge in [-0.15, -0.1) is 0 Å². The van der Waals surface area contributed by atoms with Gasteiger partial charge in [0.1, 0.15) is 19.6 Å². The summed E-state index contributed by atoms with van der Waals surface area (Å²) in [6.07, 6.45) is 0.314. The van der Waals surface area contributed by atoms with Crippen LogP contribution in [0.4, 0.5) is 5.69 Å². The molecule has 3 nitrogen and oxygen atoms in total. The fourth-order valence-electron chi connectivity index (χ4n) is 3.81. The van der Waals surface area contributed by atoms with Gasteiger partial charge >= 0.3 is 0 Å². The summed E-state index contributed by atoms with van der Waals surface area (Å²) in [5, 5.41) is 1.94. The molecule has 4 aromatic rings. The predicted molar refractivity (Wildman–Crippen MR) is 110 cm³/mol. The van der Waals surface area contributed by atoms with E-state index in [1.165, 1.54) is 0 Å². The molecule has 3 heteroatoms. The lowest BCUT2D eigenvalue weighted by Gasteiger charge is -2.10. The van der Waals surface area contributed by atoms with Gasteiger partial charge in [0, 0.05) is 23.8 Å². The number of pyridine rings is 1. The summed E-state index contributed by atoms with van der Waals surface area (Å²) >= 11 is 0. The quantitative estimate of drug-likeness (QED) is 0.302. The third-order valence-corrected chi connectivity index (χ3v) is 5.12. The zero-order valence-corrected chi connectivity index (χ0v) is 16.3. The normalized spacial score (nSPS) is 12.9. The smallest absolute Gasteiger partial charge is 0.229 e. The summed E-state index contributed by atoms with van der Waals surface area (Å²) in [6.45, 7) is 15.2. The van der Waals surface area contributed by atoms with Crippen molar-refractivity contribution in [2.75, 3.05) is 0 Å². The molecule has 2 aromatic carbocycles. The van der Waals surface area contributed by atoms with E-state index < -0.39 is 5.89 Å². The lowest BCUT2D eigenvalue weighted by Crippen LogP contribution is -2.31. The molecule has 2 heterocycles. The van der Waals surface area contributed by atoms with E-state index in [0.29, 0.717) is 23.0 Å². The summed E-state index contributed by atoms with van der Waals surface area (Å²) in [5.74, 6) is -0.852. The van der Waals surface area contributed by atoms with E-state index in [9.17, 15) is 0 Å². The SMILES string of the molecule is [2H]c1c(C([2H])(C)C)ccc(-c2c(C)cc(C)c3c2oc2c([N+]#[C-])cccc23)[n+]1C. The van der Waals surface area contributed by atoms with Crippen molar-refractivity contribution in [1.29, 1.82) is 0 Å². The second-order valence-corrected chi connectivity index (χ2v) is 7.26. The summed E-state index contributed by atoms with van der Waals surface area (Å²) in [7, 11) is 1.85. The molecule has 0 aliphatic rings. The average Bonchev–Trinajstić information content (AvgIpc) is 3.03. The Kier molecular flexibility index (Phi) is 3.47. The van der Waals surface area contributed by atoms with Crippen LogP contribution in [0.5, 0.6) is 0 Å². The molecule has 0 unspecified atom stereocenters. The summed E-state index contributed by atoms with van der Waals surface area (Å²) in [6, 6.07) is 11.6. The van der Waals surface area contributed by atoms with Crippen molar-refractivity contribution >= 4 is 27.6 Å². The summed E-state index contributed by atoms with van der Waals surface area (Å²) < 4.78 is 25.0. The van der Waals surface area contributed by atoms with Crippen LogP contribution < -0.4 is 4.57 Å². The summed E-state index contributed by atoms with van der Waals surface area (Å²) in [4.78, 5) is 3.62. The molecule has 4 rings (SSSR count). The molecular weight excluding hydrogens is 332 g/mol. The Hall–Kier alpha value is -3.12. The van der Waals surface area contributed by atoms with E-state index in [4.69, 9.17) is 13.7 Å². The van der Waals surface area contributed by atoms with Crippen LogP contribution in [0, 0.1) is 20.4 Å². The van der Waals surface area contributed by atoms with Crippen LogP contribution >= 0.6 is 0 Å². The van der Waals surface area contributed by atoms with Crippen molar-refractivity contribution < 1.29 is 11.7 Å². The van der Waals surface area contributed by atoms with Crippen molar-refractivity contribution in [2.24, 2.45) is 7.05 Å². The maximum absolute atomic E-state index is 8.61. The topological polar surface area (TPSA) is 21.4 Å². The lowest BCUT2D eigenvalue weighted by atomic mass is 9.96. The first kappa shape index (κ1) is 15.0. The Labute approximate surface area is 162 Å². The van der Waals surface area contributed by atoms with Gasteiger partial charge in [0.25, 0.3) is 0 Å².